The number of thiophene rings is 1. The van der Waals surface area contributed by atoms with Crippen LogP contribution in [0.4, 0.5) is 5.82 Å². The fourth-order valence-electron chi connectivity index (χ4n) is 3.14. The third-order valence-corrected chi connectivity index (χ3v) is 6.00. The van der Waals surface area contributed by atoms with Crippen LogP contribution in [0.25, 0.3) is 20.7 Å². The number of hydrogen-bond acceptors (Lipinski definition) is 8. The molecule has 2 aromatic heterocycles. The molecule has 7 nitrogen and oxygen atoms in total. The molecule has 2 heterocycles. The van der Waals surface area contributed by atoms with Crippen molar-refractivity contribution < 1.29 is 14.9 Å². The summed E-state index contributed by atoms with van der Waals surface area (Å²) in [7, 11) is 1.50. The summed E-state index contributed by atoms with van der Waals surface area (Å²) in [4.78, 5) is 9.84. The lowest BCUT2D eigenvalue weighted by Crippen LogP contribution is -1.95. The van der Waals surface area contributed by atoms with Crippen LogP contribution in [0.5, 0.6) is 11.5 Å². The molecule has 0 saturated carbocycles. The van der Waals surface area contributed by atoms with Crippen molar-refractivity contribution >= 4 is 33.6 Å². The Morgan fingerprint density at radius 3 is 2.83 bits per heavy atom. The number of rotatable bonds is 6. The van der Waals surface area contributed by atoms with Gasteiger partial charge in [-0.2, -0.15) is 5.10 Å². The Labute approximate surface area is 177 Å². The third-order valence-electron chi connectivity index (χ3n) is 4.66. The zero-order valence-electron chi connectivity index (χ0n) is 16.5. The number of hydrogen-bond donors (Lipinski definition) is 3. The molecular formula is C22H20N4O3S. The van der Waals surface area contributed by atoms with Gasteiger partial charge in [-0.25, -0.2) is 9.97 Å². The first-order valence-electron chi connectivity index (χ1n) is 9.21. The third kappa shape index (κ3) is 3.83. The maximum Gasteiger partial charge on any atom is 0.167 e. The van der Waals surface area contributed by atoms with Crippen molar-refractivity contribution in [1.29, 1.82) is 0 Å². The van der Waals surface area contributed by atoms with E-state index in [1.165, 1.54) is 13.4 Å². The summed E-state index contributed by atoms with van der Waals surface area (Å²) >= 11 is 1.58. The quantitative estimate of drug-likeness (QED) is 0.317. The maximum absolute atomic E-state index is 9.89. The molecule has 0 fully saturated rings. The Hall–Kier alpha value is -3.49. The number of anilines is 1. The van der Waals surface area contributed by atoms with Crippen LogP contribution in [-0.2, 0) is 6.61 Å². The number of fused-ring (bicyclic) bond motifs is 1. The highest BCUT2D eigenvalue weighted by Gasteiger charge is 2.15. The molecule has 0 aliphatic carbocycles. The van der Waals surface area contributed by atoms with Gasteiger partial charge in [0.25, 0.3) is 0 Å². The van der Waals surface area contributed by atoms with Crippen LogP contribution in [0, 0.1) is 6.92 Å². The molecule has 8 heteroatoms. The molecule has 30 heavy (non-hydrogen) atoms. The molecule has 0 saturated heterocycles. The topological polar surface area (TPSA) is 99.9 Å². The maximum atomic E-state index is 9.89. The van der Waals surface area contributed by atoms with E-state index in [1.807, 2.05) is 31.2 Å². The fraction of sp³-hybridized carbons (Fsp3) is 0.136. The highest BCUT2D eigenvalue weighted by Crippen LogP contribution is 2.39. The minimum Gasteiger partial charge on any atom is -0.504 e. The van der Waals surface area contributed by atoms with Gasteiger partial charge in [-0.15, -0.1) is 11.3 Å². The first-order valence-corrected chi connectivity index (χ1v) is 10.0. The molecule has 0 bridgehead atoms. The highest BCUT2D eigenvalue weighted by atomic mass is 32.1. The van der Waals surface area contributed by atoms with E-state index in [4.69, 9.17) is 4.74 Å². The van der Waals surface area contributed by atoms with Crippen molar-refractivity contribution in [3.8, 4) is 21.9 Å². The molecule has 152 valence electrons. The number of aryl methyl sites for hydroxylation is 1. The number of nitrogens with one attached hydrogen (secondary N) is 1. The number of aliphatic hydroxyl groups is 1. The number of aromatic nitrogens is 2. The van der Waals surface area contributed by atoms with Crippen LogP contribution in [0.3, 0.4) is 0 Å². The van der Waals surface area contributed by atoms with E-state index in [1.54, 1.807) is 35.8 Å². The van der Waals surface area contributed by atoms with Crippen molar-refractivity contribution in [2.75, 3.05) is 12.5 Å². The highest BCUT2D eigenvalue weighted by molar-refractivity contribution is 7.23. The number of ether oxygens (including phenoxy) is 1. The van der Waals surface area contributed by atoms with Gasteiger partial charge >= 0.3 is 0 Å². The number of aliphatic hydroxyl groups excluding tert-OH is 1. The first-order chi connectivity index (χ1) is 14.6. The molecule has 0 aliphatic heterocycles. The number of benzene rings is 2. The van der Waals surface area contributed by atoms with Gasteiger partial charge in [0.05, 0.1) is 30.1 Å². The van der Waals surface area contributed by atoms with Crippen LogP contribution in [-0.4, -0.2) is 33.5 Å². The van der Waals surface area contributed by atoms with E-state index in [9.17, 15) is 10.2 Å². The molecule has 3 N–H and O–H groups in total. The predicted octanol–water partition coefficient (Wildman–Crippen LogP) is 4.32. The average molecular weight is 420 g/mol. The number of phenolic OH excluding ortho intramolecular Hbond substituents is 1. The summed E-state index contributed by atoms with van der Waals surface area (Å²) in [5.74, 6) is 1.06. The monoisotopic (exact) mass is 420 g/mol. The molecule has 0 radical (unpaired) electrons. The fourth-order valence-corrected chi connectivity index (χ4v) is 4.34. The van der Waals surface area contributed by atoms with Gasteiger partial charge in [0.15, 0.2) is 17.3 Å². The van der Waals surface area contributed by atoms with E-state index >= 15 is 0 Å². The molecule has 2 aromatic carbocycles. The second-order valence-electron chi connectivity index (χ2n) is 6.62. The molecule has 0 amide bonds. The van der Waals surface area contributed by atoms with Gasteiger partial charge in [-0.3, -0.25) is 5.43 Å². The van der Waals surface area contributed by atoms with Gasteiger partial charge < -0.3 is 14.9 Å². The Bertz CT molecular complexity index is 1240. The molecule has 4 rings (SSSR count). The summed E-state index contributed by atoms with van der Waals surface area (Å²) in [6, 6.07) is 12.9. The summed E-state index contributed by atoms with van der Waals surface area (Å²) in [6.07, 6.45) is 3.10. The Balaban J connectivity index is 1.64. The zero-order valence-corrected chi connectivity index (χ0v) is 17.3. The molecule has 0 spiro atoms. The normalized spacial score (nSPS) is 11.3. The van der Waals surface area contributed by atoms with Gasteiger partial charge in [0, 0.05) is 4.88 Å². The average Bonchev–Trinajstić information content (AvgIpc) is 3.11. The van der Waals surface area contributed by atoms with Crippen molar-refractivity contribution in [2.45, 2.75) is 13.5 Å². The van der Waals surface area contributed by atoms with E-state index in [0.717, 1.165) is 37.3 Å². The van der Waals surface area contributed by atoms with Crippen LogP contribution < -0.4 is 10.2 Å². The minimum atomic E-state index is 0.0000230. The molecular weight excluding hydrogens is 400 g/mol. The Morgan fingerprint density at radius 2 is 2.07 bits per heavy atom. The first kappa shape index (κ1) is 19.8. The second-order valence-corrected chi connectivity index (χ2v) is 7.64. The summed E-state index contributed by atoms with van der Waals surface area (Å²) < 4.78 is 5.94. The van der Waals surface area contributed by atoms with Crippen molar-refractivity contribution in [1.82, 2.24) is 9.97 Å². The van der Waals surface area contributed by atoms with Crippen molar-refractivity contribution in [3.05, 3.63) is 65.5 Å². The Kier molecular flexibility index (Phi) is 5.60. The lowest BCUT2D eigenvalue weighted by Gasteiger charge is -2.03. The molecule has 0 aliphatic rings. The second kappa shape index (κ2) is 8.48. The summed E-state index contributed by atoms with van der Waals surface area (Å²) in [6.45, 7) is 2.03. The minimum absolute atomic E-state index is 0.0000230. The van der Waals surface area contributed by atoms with Gasteiger partial charge in [0.2, 0.25) is 0 Å². The smallest absolute Gasteiger partial charge is 0.167 e. The van der Waals surface area contributed by atoms with E-state index in [-0.39, 0.29) is 12.4 Å². The number of nitrogens with zero attached hydrogens (tertiary/aromatic N) is 3. The SMILES string of the molecule is COc1ccc(C=NNc2ncnc3c(C)c(-c4cccc(CO)c4)sc23)cc1O. The molecule has 0 atom stereocenters. The van der Waals surface area contributed by atoms with Crippen molar-refractivity contribution in [2.24, 2.45) is 5.10 Å². The standard InChI is InChI=1S/C22H20N4O3S/c1-13-19-21(30-20(13)16-5-3-4-15(8-16)11-27)22(24-12-23-19)26-25-10-14-6-7-18(29-2)17(28)9-14/h3-10,12,27-28H,11H2,1-2H3,(H,23,24,26). The lowest BCUT2D eigenvalue weighted by molar-refractivity contribution is 0.282. The Morgan fingerprint density at radius 1 is 1.20 bits per heavy atom. The van der Waals surface area contributed by atoms with Gasteiger partial charge in [0.1, 0.15) is 6.33 Å². The predicted molar refractivity (Wildman–Crippen MR) is 119 cm³/mol. The number of phenols is 1. The lowest BCUT2D eigenvalue weighted by atomic mass is 10.1. The number of hydrazone groups is 1. The van der Waals surface area contributed by atoms with E-state index in [0.29, 0.717) is 11.6 Å². The molecule has 0 unspecified atom stereocenters. The number of methoxy groups -OCH3 is 1. The summed E-state index contributed by atoms with van der Waals surface area (Å²) in [5.41, 5.74) is 7.50. The summed E-state index contributed by atoms with van der Waals surface area (Å²) in [5, 5.41) is 23.6. The van der Waals surface area contributed by atoms with Crippen LogP contribution in [0.1, 0.15) is 16.7 Å². The molecule has 4 aromatic rings. The zero-order chi connectivity index (χ0) is 21.1. The van der Waals surface area contributed by atoms with Crippen LogP contribution in [0.15, 0.2) is 53.9 Å². The van der Waals surface area contributed by atoms with E-state index < -0.39 is 0 Å². The van der Waals surface area contributed by atoms with Crippen LogP contribution in [0.2, 0.25) is 0 Å². The van der Waals surface area contributed by atoms with Crippen molar-refractivity contribution in [3.63, 3.8) is 0 Å². The van der Waals surface area contributed by atoms with Crippen LogP contribution >= 0.6 is 11.3 Å². The van der Waals surface area contributed by atoms with Gasteiger partial charge in [-0.05, 0) is 53.4 Å². The number of aromatic hydroxyl groups is 1. The van der Waals surface area contributed by atoms with E-state index in [2.05, 4.69) is 20.5 Å². The largest absolute Gasteiger partial charge is 0.504 e. The van der Waals surface area contributed by atoms with Gasteiger partial charge in [-0.1, -0.05) is 18.2 Å².